The molecule has 2 aliphatic heterocycles. The molecule has 1 amide bonds. The Labute approximate surface area is 200 Å². The summed E-state index contributed by atoms with van der Waals surface area (Å²) in [5.74, 6) is -0.904. The lowest BCUT2D eigenvalue weighted by Crippen LogP contribution is -2.49. The number of fused-ring (bicyclic) bond motifs is 1. The Balaban J connectivity index is 1.68. The SMILES string of the molecule is C=C(F)C(=O)N1CCN(c2nc(-c3ccc(OC(F)(F)F)cc3)c3c(n2)N(C)C=C(CC)C3)CC1. The van der Waals surface area contributed by atoms with Crippen LogP contribution in [0.3, 0.4) is 0 Å². The molecule has 11 heteroatoms. The van der Waals surface area contributed by atoms with Crippen LogP contribution in [0.25, 0.3) is 11.3 Å². The number of amides is 1. The van der Waals surface area contributed by atoms with Gasteiger partial charge in [0.05, 0.1) is 5.69 Å². The zero-order valence-corrected chi connectivity index (χ0v) is 19.4. The van der Waals surface area contributed by atoms with Gasteiger partial charge in [-0.1, -0.05) is 13.5 Å². The lowest BCUT2D eigenvalue weighted by Gasteiger charge is -2.35. The average Bonchev–Trinajstić information content (AvgIpc) is 2.82. The molecule has 0 radical (unpaired) electrons. The highest BCUT2D eigenvalue weighted by Gasteiger charge is 2.31. The van der Waals surface area contributed by atoms with Crippen LogP contribution in [-0.2, 0) is 11.2 Å². The summed E-state index contributed by atoms with van der Waals surface area (Å²) in [6.45, 7) is 6.49. The molecule has 186 valence electrons. The Kier molecular flexibility index (Phi) is 6.68. The minimum absolute atomic E-state index is 0.288. The highest BCUT2D eigenvalue weighted by Crippen LogP contribution is 2.37. The van der Waals surface area contributed by atoms with Crippen LogP contribution >= 0.6 is 0 Å². The Morgan fingerprint density at radius 1 is 1.11 bits per heavy atom. The smallest absolute Gasteiger partial charge is 0.406 e. The third-order valence-electron chi connectivity index (χ3n) is 5.98. The van der Waals surface area contributed by atoms with Gasteiger partial charge in [0.15, 0.2) is 5.83 Å². The van der Waals surface area contributed by atoms with Gasteiger partial charge in [0.2, 0.25) is 5.95 Å². The molecule has 0 bridgehead atoms. The van der Waals surface area contributed by atoms with E-state index < -0.39 is 18.1 Å². The number of rotatable bonds is 5. The quantitative estimate of drug-likeness (QED) is 0.455. The normalized spacial score (nSPS) is 16.1. The van der Waals surface area contributed by atoms with Gasteiger partial charge in [0, 0.05) is 57.0 Å². The van der Waals surface area contributed by atoms with Gasteiger partial charge in [-0.25, -0.2) is 9.37 Å². The topological polar surface area (TPSA) is 61.8 Å². The van der Waals surface area contributed by atoms with Gasteiger partial charge in [-0.2, -0.15) is 4.98 Å². The molecule has 3 heterocycles. The van der Waals surface area contributed by atoms with Crippen LogP contribution in [0.1, 0.15) is 18.9 Å². The summed E-state index contributed by atoms with van der Waals surface area (Å²) in [6, 6.07) is 5.60. The van der Waals surface area contributed by atoms with E-state index in [0.29, 0.717) is 42.5 Å². The Bertz CT molecular complexity index is 1160. The molecule has 7 nitrogen and oxygen atoms in total. The van der Waals surface area contributed by atoms with Gasteiger partial charge in [-0.3, -0.25) is 4.79 Å². The van der Waals surface area contributed by atoms with Gasteiger partial charge in [-0.05, 0) is 36.3 Å². The predicted octanol–water partition coefficient (Wildman–Crippen LogP) is 4.46. The summed E-state index contributed by atoms with van der Waals surface area (Å²) in [7, 11) is 1.89. The van der Waals surface area contributed by atoms with Crippen LogP contribution in [0, 0.1) is 0 Å². The Morgan fingerprint density at radius 2 is 1.77 bits per heavy atom. The van der Waals surface area contributed by atoms with Crippen molar-refractivity contribution in [3.8, 4) is 17.0 Å². The van der Waals surface area contributed by atoms with E-state index in [1.165, 1.54) is 22.6 Å². The number of piperazine rings is 1. The minimum Gasteiger partial charge on any atom is -0.406 e. The van der Waals surface area contributed by atoms with Crippen LogP contribution in [0.4, 0.5) is 29.3 Å². The second-order valence-electron chi connectivity index (χ2n) is 8.36. The molecule has 0 spiro atoms. The van der Waals surface area contributed by atoms with E-state index in [-0.39, 0.29) is 18.8 Å². The number of hydrogen-bond acceptors (Lipinski definition) is 6. The summed E-state index contributed by atoms with van der Waals surface area (Å²) in [5, 5.41) is 0. The van der Waals surface area contributed by atoms with Crippen LogP contribution < -0.4 is 14.5 Å². The molecule has 0 aliphatic carbocycles. The zero-order valence-electron chi connectivity index (χ0n) is 19.4. The highest BCUT2D eigenvalue weighted by molar-refractivity contribution is 5.90. The second-order valence-corrected chi connectivity index (χ2v) is 8.36. The van der Waals surface area contributed by atoms with Crippen LogP contribution in [0.15, 0.2) is 48.4 Å². The molecule has 4 rings (SSSR count). The molecule has 2 aliphatic rings. The molecule has 35 heavy (non-hydrogen) atoms. The highest BCUT2D eigenvalue weighted by atomic mass is 19.4. The summed E-state index contributed by atoms with van der Waals surface area (Å²) >= 11 is 0. The number of nitrogens with zero attached hydrogens (tertiary/aromatic N) is 5. The van der Waals surface area contributed by atoms with E-state index >= 15 is 0 Å². The first-order valence-corrected chi connectivity index (χ1v) is 11.1. The minimum atomic E-state index is -4.77. The van der Waals surface area contributed by atoms with Gasteiger partial charge < -0.3 is 19.4 Å². The lowest BCUT2D eigenvalue weighted by molar-refractivity contribution is -0.274. The summed E-state index contributed by atoms with van der Waals surface area (Å²) < 4.78 is 55.0. The van der Waals surface area contributed by atoms with Crippen LogP contribution in [0.5, 0.6) is 5.75 Å². The number of anilines is 2. The molecule has 1 saturated heterocycles. The zero-order chi connectivity index (χ0) is 25.3. The molecule has 0 atom stereocenters. The van der Waals surface area contributed by atoms with Crippen molar-refractivity contribution in [3.63, 3.8) is 0 Å². The molecule has 2 aromatic rings. The molecular weight excluding hydrogens is 466 g/mol. The predicted molar refractivity (Wildman–Crippen MR) is 124 cm³/mol. The first kappa shape index (κ1) is 24.5. The van der Waals surface area contributed by atoms with E-state index in [2.05, 4.69) is 18.2 Å². The fraction of sp³-hybridized carbons (Fsp3) is 0.375. The van der Waals surface area contributed by atoms with Gasteiger partial charge >= 0.3 is 6.36 Å². The number of benzene rings is 1. The number of halogens is 4. The number of ether oxygens (including phenoxy) is 1. The summed E-state index contributed by atoms with van der Waals surface area (Å²) in [6.07, 6.45) is -1.30. The van der Waals surface area contributed by atoms with E-state index in [9.17, 15) is 22.4 Å². The Morgan fingerprint density at radius 3 is 2.34 bits per heavy atom. The van der Waals surface area contributed by atoms with E-state index in [4.69, 9.17) is 9.97 Å². The average molecular weight is 491 g/mol. The molecule has 0 N–H and O–H groups in total. The summed E-state index contributed by atoms with van der Waals surface area (Å²) in [4.78, 5) is 26.7. The standard InChI is InChI=1S/C24H25F4N5O2/c1-4-16-13-19-20(17-5-7-18(8-6-17)35-24(26,27)28)29-23(30-21(19)31(3)14-16)33-11-9-32(10-12-33)22(34)15(2)25/h5-8,14H,2,4,9-13H2,1,3H3. The maximum absolute atomic E-state index is 13.2. The van der Waals surface area contributed by atoms with E-state index in [1.54, 1.807) is 12.1 Å². The van der Waals surface area contributed by atoms with Crippen molar-refractivity contribution in [3.05, 3.63) is 54.0 Å². The number of allylic oxidation sites excluding steroid dienone is 1. The number of carbonyl (C=O) groups is 1. The molecule has 0 saturated carbocycles. The third-order valence-corrected chi connectivity index (χ3v) is 5.98. The van der Waals surface area contributed by atoms with Gasteiger partial charge in [-0.15, -0.1) is 13.2 Å². The monoisotopic (exact) mass is 491 g/mol. The van der Waals surface area contributed by atoms with Gasteiger partial charge in [0.25, 0.3) is 5.91 Å². The number of aromatic nitrogens is 2. The first-order valence-electron chi connectivity index (χ1n) is 11.1. The van der Waals surface area contributed by atoms with Crippen molar-refractivity contribution in [1.82, 2.24) is 14.9 Å². The summed E-state index contributed by atoms with van der Waals surface area (Å²) in [5.41, 5.74) is 3.30. The Hall–Kier alpha value is -3.63. The third kappa shape index (κ3) is 5.39. The molecule has 0 unspecified atom stereocenters. The molecule has 1 aromatic heterocycles. The van der Waals surface area contributed by atoms with E-state index in [1.807, 2.05) is 23.0 Å². The largest absolute Gasteiger partial charge is 0.573 e. The van der Waals surface area contributed by atoms with Crippen molar-refractivity contribution in [2.24, 2.45) is 0 Å². The molecular formula is C24H25F4N5O2. The second kappa shape index (κ2) is 9.55. The number of carbonyl (C=O) groups excluding carboxylic acids is 1. The van der Waals surface area contributed by atoms with Crippen molar-refractivity contribution in [2.45, 2.75) is 26.1 Å². The van der Waals surface area contributed by atoms with Crippen LogP contribution in [0.2, 0.25) is 0 Å². The fourth-order valence-corrected chi connectivity index (χ4v) is 4.21. The van der Waals surface area contributed by atoms with E-state index in [0.717, 1.165) is 12.0 Å². The molecule has 1 aromatic carbocycles. The van der Waals surface area contributed by atoms with Gasteiger partial charge in [0.1, 0.15) is 11.6 Å². The maximum atomic E-state index is 13.2. The first-order chi connectivity index (χ1) is 16.6. The maximum Gasteiger partial charge on any atom is 0.573 e. The van der Waals surface area contributed by atoms with Crippen molar-refractivity contribution in [1.29, 1.82) is 0 Å². The fourth-order valence-electron chi connectivity index (χ4n) is 4.21. The lowest BCUT2D eigenvalue weighted by atomic mass is 9.96. The van der Waals surface area contributed by atoms with Crippen LogP contribution in [-0.4, -0.2) is 60.4 Å². The van der Waals surface area contributed by atoms with Crippen molar-refractivity contribution >= 4 is 17.7 Å². The van der Waals surface area contributed by atoms with Crippen molar-refractivity contribution < 1.29 is 27.1 Å². The van der Waals surface area contributed by atoms with Crippen molar-refractivity contribution in [2.75, 3.05) is 43.0 Å². The number of hydrogen-bond donors (Lipinski definition) is 0. The molecule has 1 fully saturated rings. The number of alkyl halides is 3.